The Hall–Kier alpha value is -2.24. The van der Waals surface area contributed by atoms with Gasteiger partial charge in [0.2, 0.25) is 0 Å². The van der Waals surface area contributed by atoms with Gasteiger partial charge in [0.05, 0.1) is 0 Å². The zero-order valence-electron chi connectivity index (χ0n) is 18.2. The molecular formula is C24H28Cl2N2O3. The maximum atomic E-state index is 12.8. The molecule has 2 aromatic carbocycles. The van der Waals surface area contributed by atoms with E-state index in [9.17, 15) is 9.59 Å². The fraction of sp³-hybridized carbons (Fsp3) is 0.417. The molecule has 1 N–H and O–H groups in total. The van der Waals surface area contributed by atoms with Crippen LogP contribution in [0.2, 0.25) is 10.0 Å². The van der Waals surface area contributed by atoms with E-state index in [1.165, 1.54) is 0 Å². The minimum absolute atomic E-state index is 0.0894. The lowest BCUT2D eigenvalue weighted by atomic mass is 9.85. The van der Waals surface area contributed by atoms with Gasteiger partial charge < -0.3 is 15.0 Å². The first-order valence-corrected chi connectivity index (χ1v) is 11.1. The minimum atomic E-state index is -0.566. The van der Waals surface area contributed by atoms with Crippen LogP contribution in [0.25, 0.3) is 0 Å². The summed E-state index contributed by atoms with van der Waals surface area (Å²) < 4.78 is 5.57. The fourth-order valence-corrected chi connectivity index (χ4v) is 3.95. The average Bonchev–Trinajstić information content (AvgIpc) is 2.69. The maximum absolute atomic E-state index is 12.8. The predicted molar refractivity (Wildman–Crippen MR) is 124 cm³/mol. The van der Waals surface area contributed by atoms with Crippen molar-refractivity contribution in [2.75, 3.05) is 13.1 Å². The van der Waals surface area contributed by atoms with Gasteiger partial charge in [-0.1, -0.05) is 35.3 Å². The van der Waals surface area contributed by atoms with Crippen molar-refractivity contribution < 1.29 is 14.3 Å². The molecule has 0 bridgehead atoms. The molecule has 1 aliphatic rings. The Labute approximate surface area is 193 Å². The van der Waals surface area contributed by atoms with Crippen LogP contribution in [0.1, 0.15) is 54.6 Å². The van der Waals surface area contributed by atoms with Gasteiger partial charge in [0.1, 0.15) is 5.60 Å². The van der Waals surface area contributed by atoms with Crippen molar-refractivity contribution in [1.29, 1.82) is 0 Å². The van der Waals surface area contributed by atoms with Gasteiger partial charge in [0, 0.05) is 40.7 Å². The second kappa shape index (κ2) is 9.49. The van der Waals surface area contributed by atoms with Gasteiger partial charge in [-0.15, -0.1) is 0 Å². The summed E-state index contributed by atoms with van der Waals surface area (Å²) in [6, 6.07) is 12.5. The van der Waals surface area contributed by atoms with Gasteiger partial charge in [-0.05, 0) is 75.6 Å². The zero-order chi connectivity index (χ0) is 22.8. The molecule has 2 aromatic rings. The molecule has 166 valence electrons. The van der Waals surface area contributed by atoms with Crippen molar-refractivity contribution in [3.63, 3.8) is 0 Å². The average molecular weight is 463 g/mol. The van der Waals surface area contributed by atoms with Crippen LogP contribution in [0.5, 0.6) is 0 Å². The van der Waals surface area contributed by atoms with E-state index >= 15 is 0 Å². The smallest absolute Gasteiger partial charge is 0.410 e. The molecule has 0 saturated carbocycles. The van der Waals surface area contributed by atoms with E-state index in [4.69, 9.17) is 27.9 Å². The van der Waals surface area contributed by atoms with Gasteiger partial charge in [0.15, 0.2) is 0 Å². The fourth-order valence-electron chi connectivity index (χ4n) is 3.71. The Morgan fingerprint density at radius 3 is 2.39 bits per heavy atom. The second-order valence-corrected chi connectivity index (χ2v) is 9.76. The summed E-state index contributed by atoms with van der Waals surface area (Å²) in [4.78, 5) is 27.2. The Morgan fingerprint density at radius 1 is 1.10 bits per heavy atom. The number of hydrogen-bond acceptors (Lipinski definition) is 3. The van der Waals surface area contributed by atoms with Crippen molar-refractivity contribution in [1.82, 2.24) is 10.2 Å². The maximum Gasteiger partial charge on any atom is 0.410 e. The molecule has 2 amide bonds. The van der Waals surface area contributed by atoms with Gasteiger partial charge in [-0.25, -0.2) is 4.79 Å². The van der Waals surface area contributed by atoms with Crippen molar-refractivity contribution in [2.24, 2.45) is 0 Å². The molecule has 0 aliphatic carbocycles. The topological polar surface area (TPSA) is 58.6 Å². The van der Waals surface area contributed by atoms with Crippen LogP contribution in [-0.2, 0) is 4.74 Å². The summed E-state index contributed by atoms with van der Waals surface area (Å²) in [6.07, 6.45) is 0.274. The van der Waals surface area contributed by atoms with E-state index in [0.29, 0.717) is 35.1 Å². The number of halogens is 2. The number of amides is 2. The molecule has 7 heteroatoms. The Bertz CT molecular complexity index is 954. The molecule has 2 atom stereocenters. The predicted octanol–water partition coefficient (Wildman–Crippen LogP) is 5.82. The summed E-state index contributed by atoms with van der Waals surface area (Å²) in [5, 5.41) is 4.42. The molecule has 31 heavy (non-hydrogen) atoms. The van der Waals surface area contributed by atoms with E-state index in [-0.39, 0.29) is 24.0 Å². The highest BCUT2D eigenvalue weighted by molar-refractivity contribution is 6.31. The minimum Gasteiger partial charge on any atom is -0.444 e. The summed E-state index contributed by atoms with van der Waals surface area (Å²) in [6.45, 7) is 8.45. The Kier molecular flexibility index (Phi) is 7.17. The van der Waals surface area contributed by atoms with Gasteiger partial charge in [-0.3, -0.25) is 4.79 Å². The van der Waals surface area contributed by atoms with E-state index in [1.54, 1.807) is 29.2 Å². The highest BCUT2D eigenvalue weighted by Crippen LogP contribution is 2.31. The number of hydrogen-bond donors (Lipinski definition) is 1. The second-order valence-electron chi connectivity index (χ2n) is 8.92. The monoisotopic (exact) mass is 462 g/mol. The van der Waals surface area contributed by atoms with E-state index in [0.717, 1.165) is 11.1 Å². The summed E-state index contributed by atoms with van der Waals surface area (Å²) >= 11 is 12.2. The molecule has 1 heterocycles. The van der Waals surface area contributed by atoms with Crippen molar-refractivity contribution in [2.45, 2.75) is 51.7 Å². The van der Waals surface area contributed by atoms with Crippen molar-refractivity contribution >= 4 is 35.2 Å². The van der Waals surface area contributed by atoms with Crippen molar-refractivity contribution in [3.8, 4) is 0 Å². The van der Waals surface area contributed by atoms with Crippen LogP contribution in [0.3, 0.4) is 0 Å². The van der Waals surface area contributed by atoms with E-state index in [2.05, 4.69) is 5.32 Å². The first kappa shape index (κ1) is 23.4. The lowest BCUT2D eigenvalue weighted by Crippen LogP contribution is -2.52. The van der Waals surface area contributed by atoms with Crippen LogP contribution in [-0.4, -0.2) is 41.6 Å². The summed E-state index contributed by atoms with van der Waals surface area (Å²) in [7, 11) is 0. The molecule has 0 radical (unpaired) electrons. The van der Waals surface area contributed by atoms with Gasteiger partial charge in [0.25, 0.3) is 5.91 Å². The molecular weight excluding hydrogens is 435 g/mol. The highest BCUT2D eigenvalue weighted by atomic mass is 35.5. The number of nitrogens with zero attached hydrogens (tertiary/aromatic N) is 1. The van der Waals surface area contributed by atoms with E-state index < -0.39 is 5.60 Å². The zero-order valence-corrected chi connectivity index (χ0v) is 19.8. The number of carbonyl (C=O) groups is 2. The lowest BCUT2D eigenvalue weighted by molar-refractivity contribution is 0.0177. The lowest BCUT2D eigenvalue weighted by Gasteiger charge is -2.39. The molecule has 3 rings (SSSR count). The Morgan fingerprint density at radius 2 is 1.77 bits per heavy atom. The molecule has 0 unspecified atom stereocenters. The number of likely N-dealkylation sites (tertiary alicyclic amines) is 1. The third kappa shape index (κ3) is 6.14. The van der Waals surface area contributed by atoms with Gasteiger partial charge >= 0.3 is 6.09 Å². The molecule has 1 saturated heterocycles. The molecule has 5 nitrogen and oxygen atoms in total. The number of carbonyl (C=O) groups excluding carboxylic acids is 2. The van der Waals surface area contributed by atoms with Gasteiger partial charge in [-0.2, -0.15) is 0 Å². The third-order valence-corrected chi connectivity index (χ3v) is 5.97. The standard InChI is InChI=1S/C24H28Cl2N2O3/c1-15-13-17(7-10-20(15)26)19-14-28(23(30)31-24(2,3)4)12-11-21(19)27-22(29)16-5-8-18(25)9-6-16/h5-10,13,19,21H,11-12,14H2,1-4H3,(H,27,29)/t19-,21+/m0/s1. The quantitative estimate of drug-likeness (QED) is 0.624. The number of rotatable bonds is 3. The van der Waals surface area contributed by atoms with Crippen LogP contribution in [0.15, 0.2) is 42.5 Å². The molecule has 1 aliphatic heterocycles. The number of piperidine rings is 1. The van der Waals surface area contributed by atoms with Crippen molar-refractivity contribution in [3.05, 3.63) is 69.2 Å². The van der Waals surface area contributed by atoms with E-state index in [1.807, 2.05) is 45.9 Å². The number of nitrogens with one attached hydrogen (secondary N) is 1. The number of aryl methyl sites for hydroxylation is 1. The first-order chi connectivity index (χ1) is 14.5. The van der Waals surface area contributed by atoms with Crippen LogP contribution < -0.4 is 5.32 Å². The largest absolute Gasteiger partial charge is 0.444 e. The van der Waals surface area contributed by atoms with Crippen LogP contribution >= 0.6 is 23.2 Å². The highest BCUT2D eigenvalue weighted by Gasteiger charge is 2.35. The van der Waals surface area contributed by atoms with Crippen LogP contribution in [0, 0.1) is 6.92 Å². The van der Waals surface area contributed by atoms with Crippen LogP contribution in [0.4, 0.5) is 4.79 Å². The first-order valence-electron chi connectivity index (χ1n) is 10.3. The molecule has 1 fully saturated rings. The number of benzene rings is 2. The third-order valence-electron chi connectivity index (χ3n) is 5.30. The SMILES string of the molecule is Cc1cc([C@@H]2CN(C(=O)OC(C)(C)C)CC[C@H]2NC(=O)c2ccc(Cl)cc2)ccc1Cl. The normalized spacial score (nSPS) is 19.1. The molecule has 0 aromatic heterocycles. The molecule has 0 spiro atoms. The summed E-state index contributed by atoms with van der Waals surface area (Å²) in [5.41, 5.74) is 1.96. The Balaban J connectivity index is 1.83. The summed E-state index contributed by atoms with van der Waals surface area (Å²) in [5.74, 6) is -0.253. The number of ether oxygens (including phenoxy) is 1.